The van der Waals surface area contributed by atoms with Crippen LogP contribution in [-0.2, 0) is 4.74 Å². The predicted octanol–water partition coefficient (Wildman–Crippen LogP) is 1.46. The van der Waals surface area contributed by atoms with Crippen LogP contribution in [0, 0.1) is 19.3 Å². The lowest BCUT2D eigenvalue weighted by Crippen LogP contribution is -2.48. The van der Waals surface area contributed by atoms with E-state index in [0.717, 1.165) is 24.6 Å². The molecule has 1 aliphatic heterocycles. The minimum absolute atomic E-state index is 0.0527. The van der Waals surface area contributed by atoms with Crippen LogP contribution in [0.1, 0.15) is 28.7 Å². The Morgan fingerprint density at radius 2 is 2.18 bits per heavy atom. The van der Waals surface area contributed by atoms with Gasteiger partial charge in [0, 0.05) is 17.7 Å². The van der Waals surface area contributed by atoms with Gasteiger partial charge in [0.15, 0.2) is 0 Å². The lowest BCUT2D eigenvalue weighted by atomic mass is 9.88. The Kier molecular flexibility index (Phi) is 3.15. The van der Waals surface area contributed by atoms with E-state index in [1.165, 1.54) is 0 Å². The second-order valence-corrected chi connectivity index (χ2v) is 5.07. The van der Waals surface area contributed by atoms with Gasteiger partial charge in [-0.2, -0.15) is 0 Å². The first-order valence-corrected chi connectivity index (χ1v) is 5.80. The van der Waals surface area contributed by atoms with Crippen LogP contribution in [0.15, 0.2) is 12.1 Å². The minimum Gasteiger partial charge on any atom is -0.380 e. The van der Waals surface area contributed by atoms with Crippen LogP contribution >= 0.6 is 0 Å². The van der Waals surface area contributed by atoms with Gasteiger partial charge in [0.1, 0.15) is 0 Å². The van der Waals surface area contributed by atoms with E-state index in [2.05, 4.69) is 17.2 Å². The summed E-state index contributed by atoms with van der Waals surface area (Å²) in [5.74, 6) is -0.0527. The molecule has 1 fully saturated rings. The van der Waals surface area contributed by atoms with Crippen molar-refractivity contribution in [2.75, 3.05) is 19.8 Å². The van der Waals surface area contributed by atoms with Crippen molar-refractivity contribution in [3.63, 3.8) is 0 Å². The third-order valence-corrected chi connectivity index (χ3v) is 3.05. The van der Waals surface area contributed by atoms with E-state index < -0.39 is 0 Å². The van der Waals surface area contributed by atoms with Crippen molar-refractivity contribution < 1.29 is 9.53 Å². The van der Waals surface area contributed by atoms with E-state index >= 15 is 0 Å². The number of hydrogen-bond acceptors (Lipinski definition) is 3. The number of carbonyl (C=O) groups is 1. The topological polar surface area (TPSA) is 51.2 Å². The molecule has 2 heterocycles. The Morgan fingerprint density at radius 3 is 2.71 bits per heavy atom. The summed E-state index contributed by atoms with van der Waals surface area (Å²) in [6.07, 6.45) is 0. The van der Waals surface area contributed by atoms with E-state index in [1.54, 1.807) is 0 Å². The molecule has 2 rings (SSSR count). The van der Waals surface area contributed by atoms with E-state index in [9.17, 15) is 4.79 Å². The lowest BCUT2D eigenvalue weighted by molar-refractivity contribution is -0.0978. The number of aryl methyl sites for hydroxylation is 2. The van der Waals surface area contributed by atoms with E-state index in [-0.39, 0.29) is 11.3 Å². The molecule has 1 N–H and O–H groups in total. The summed E-state index contributed by atoms with van der Waals surface area (Å²) >= 11 is 0. The molecule has 0 atom stereocenters. The molecule has 0 aromatic carbocycles. The third kappa shape index (κ3) is 2.64. The van der Waals surface area contributed by atoms with Gasteiger partial charge in [0.2, 0.25) is 0 Å². The second-order valence-electron chi connectivity index (χ2n) is 5.07. The maximum atomic E-state index is 12.0. The molecule has 1 aromatic rings. The molecular formula is C13H18N2O2. The van der Waals surface area contributed by atoms with Gasteiger partial charge >= 0.3 is 0 Å². The van der Waals surface area contributed by atoms with Gasteiger partial charge in [-0.25, -0.2) is 0 Å². The molecule has 92 valence electrons. The summed E-state index contributed by atoms with van der Waals surface area (Å²) < 4.78 is 5.15. The first-order chi connectivity index (χ1) is 8.00. The summed E-state index contributed by atoms with van der Waals surface area (Å²) in [4.78, 5) is 16.3. The van der Waals surface area contributed by atoms with Crippen LogP contribution < -0.4 is 5.32 Å². The largest absolute Gasteiger partial charge is 0.380 e. The number of carbonyl (C=O) groups excluding carboxylic acids is 1. The van der Waals surface area contributed by atoms with Crippen molar-refractivity contribution in [2.24, 2.45) is 5.41 Å². The zero-order chi connectivity index (χ0) is 12.5. The number of hydrogen-bond donors (Lipinski definition) is 1. The van der Waals surface area contributed by atoms with Crippen LogP contribution in [0.4, 0.5) is 0 Å². The Labute approximate surface area is 101 Å². The maximum Gasteiger partial charge on any atom is 0.253 e. The third-order valence-electron chi connectivity index (χ3n) is 3.05. The number of amides is 1. The van der Waals surface area contributed by atoms with Gasteiger partial charge in [0.05, 0.1) is 24.5 Å². The molecule has 1 amide bonds. The van der Waals surface area contributed by atoms with Crippen molar-refractivity contribution in [1.82, 2.24) is 10.3 Å². The second kappa shape index (κ2) is 4.45. The van der Waals surface area contributed by atoms with Crippen molar-refractivity contribution in [1.29, 1.82) is 0 Å². The van der Waals surface area contributed by atoms with Gasteiger partial charge in [-0.1, -0.05) is 6.92 Å². The Morgan fingerprint density at radius 1 is 1.47 bits per heavy atom. The van der Waals surface area contributed by atoms with Crippen LogP contribution in [0.2, 0.25) is 0 Å². The number of nitrogens with one attached hydrogen (secondary N) is 1. The predicted molar refractivity (Wildman–Crippen MR) is 65.0 cm³/mol. The molecule has 0 unspecified atom stereocenters. The molecule has 17 heavy (non-hydrogen) atoms. The van der Waals surface area contributed by atoms with Crippen LogP contribution in [-0.4, -0.2) is 30.6 Å². The average molecular weight is 234 g/mol. The molecule has 0 saturated carbocycles. The number of aromatic nitrogens is 1. The number of pyridine rings is 1. The van der Waals surface area contributed by atoms with Crippen LogP contribution in [0.25, 0.3) is 0 Å². The Hall–Kier alpha value is -1.42. The number of nitrogens with zero attached hydrogens (tertiary/aromatic N) is 1. The first kappa shape index (κ1) is 12.0. The van der Waals surface area contributed by atoms with Gasteiger partial charge in [0.25, 0.3) is 5.91 Å². The SMILES string of the molecule is Cc1ccc(C(=O)NCC2(C)COC2)c(C)n1. The lowest BCUT2D eigenvalue weighted by Gasteiger charge is -2.38. The fourth-order valence-corrected chi connectivity index (χ4v) is 1.87. The Balaban J connectivity index is 1.99. The van der Waals surface area contributed by atoms with E-state index in [1.807, 2.05) is 26.0 Å². The minimum atomic E-state index is -0.0527. The monoisotopic (exact) mass is 234 g/mol. The summed E-state index contributed by atoms with van der Waals surface area (Å²) in [6, 6.07) is 3.68. The van der Waals surface area contributed by atoms with Gasteiger partial charge in [-0.3, -0.25) is 9.78 Å². The highest BCUT2D eigenvalue weighted by Crippen LogP contribution is 2.25. The summed E-state index contributed by atoms with van der Waals surface area (Å²) in [7, 11) is 0. The highest BCUT2D eigenvalue weighted by Gasteiger charge is 2.33. The van der Waals surface area contributed by atoms with E-state index in [0.29, 0.717) is 12.1 Å². The zero-order valence-corrected chi connectivity index (χ0v) is 10.5. The molecular weight excluding hydrogens is 216 g/mol. The summed E-state index contributed by atoms with van der Waals surface area (Å²) in [5, 5.41) is 2.94. The summed E-state index contributed by atoms with van der Waals surface area (Å²) in [6.45, 7) is 7.98. The van der Waals surface area contributed by atoms with Gasteiger partial charge < -0.3 is 10.1 Å². The quantitative estimate of drug-likeness (QED) is 0.861. The average Bonchev–Trinajstić information content (AvgIpc) is 2.23. The van der Waals surface area contributed by atoms with E-state index in [4.69, 9.17) is 4.74 Å². The van der Waals surface area contributed by atoms with Crippen molar-refractivity contribution in [3.05, 3.63) is 29.1 Å². The molecule has 0 radical (unpaired) electrons. The highest BCUT2D eigenvalue weighted by molar-refractivity contribution is 5.95. The number of ether oxygens (including phenoxy) is 1. The molecule has 1 aliphatic rings. The Bertz CT molecular complexity index is 439. The highest BCUT2D eigenvalue weighted by atomic mass is 16.5. The van der Waals surface area contributed by atoms with Gasteiger partial charge in [-0.05, 0) is 26.0 Å². The standard InChI is InChI=1S/C13H18N2O2/c1-9-4-5-11(10(2)15-9)12(16)14-6-13(3)7-17-8-13/h4-5H,6-8H2,1-3H3,(H,14,16). The smallest absolute Gasteiger partial charge is 0.253 e. The molecule has 1 saturated heterocycles. The molecule has 1 aromatic heterocycles. The first-order valence-electron chi connectivity index (χ1n) is 5.80. The fraction of sp³-hybridized carbons (Fsp3) is 0.538. The van der Waals surface area contributed by atoms with Crippen molar-refractivity contribution in [3.8, 4) is 0 Å². The molecule has 4 heteroatoms. The van der Waals surface area contributed by atoms with Gasteiger partial charge in [-0.15, -0.1) is 0 Å². The number of rotatable bonds is 3. The summed E-state index contributed by atoms with van der Waals surface area (Å²) in [5.41, 5.74) is 2.46. The van der Waals surface area contributed by atoms with Crippen LogP contribution in [0.5, 0.6) is 0 Å². The van der Waals surface area contributed by atoms with Crippen molar-refractivity contribution >= 4 is 5.91 Å². The maximum absolute atomic E-state index is 12.0. The fourth-order valence-electron chi connectivity index (χ4n) is 1.87. The van der Waals surface area contributed by atoms with Crippen molar-refractivity contribution in [2.45, 2.75) is 20.8 Å². The molecule has 0 bridgehead atoms. The van der Waals surface area contributed by atoms with Crippen LogP contribution in [0.3, 0.4) is 0 Å². The molecule has 0 aliphatic carbocycles. The molecule has 0 spiro atoms. The normalized spacial score (nSPS) is 17.4. The zero-order valence-electron chi connectivity index (χ0n) is 10.5. The molecule has 4 nitrogen and oxygen atoms in total.